The SMILES string of the molecule is COCc1nc(NN)cc(NC2CCCC2OC)n1. The first-order valence-electron chi connectivity index (χ1n) is 6.39. The molecule has 7 nitrogen and oxygen atoms in total. The Bertz CT molecular complexity index is 415. The third kappa shape index (κ3) is 3.52. The molecule has 0 bridgehead atoms. The molecule has 1 aliphatic carbocycles. The van der Waals surface area contributed by atoms with Gasteiger partial charge in [0.25, 0.3) is 0 Å². The molecule has 0 aliphatic heterocycles. The predicted octanol–water partition coefficient (Wildman–Crippen LogP) is 0.888. The van der Waals surface area contributed by atoms with Gasteiger partial charge in [-0.1, -0.05) is 0 Å². The number of ether oxygens (including phenoxy) is 2. The molecule has 0 spiro atoms. The number of hydrazine groups is 1. The number of anilines is 2. The molecule has 106 valence electrons. The van der Waals surface area contributed by atoms with Crippen LogP contribution in [0.3, 0.4) is 0 Å². The number of methoxy groups -OCH3 is 2. The number of hydrogen-bond acceptors (Lipinski definition) is 7. The summed E-state index contributed by atoms with van der Waals surface area (Å²) in [4.78, 5) is 8.62. The molecule has 1 saturated carbocycles. The highest BCUT2D eigenvalue weighted by atomic mass is 16.5. The summed E-state index contributed by atoms with van der Waals surface area (Å²) in [5, 5.41) is 3.39. The molecule has 7 heteroatoms. The maximum Gasteiger partial charge on any atom is 0.158 e. The van der Waals surface area contributed by atoms with Crippen LogP contribution in [0.25, 0.3) is 0 Å². The van der Waals surface area contributed by atoms with Crippen LogP contribution in [-0.2, 0) is 16.1 Å². The van der Waals surface area contributed by atoms with Crippen LogP contribution in [0, 0.1) is 0 Å². The van der Waals surface area contributed by atoms with Gasteiger partial charge in [0.15, 0.2) is 5.82 Å². The largest absolute Gasteiger partial charge is 0.379 e. The lowest BCUT2D eigenvalue weighted by Gasteiger charge is -2.20. The van der Waals surface area contributed by atoms with Crippen LogP contribution < -0.4 is 16.6 Å². The second-order valence-electron chi connectivity index (χ2n) is 4.59. The van der Waals surface area contributed by atoms with Gasteiger partial charge in [-0.3, -0.25) is 0 Å². The lowest BCUT2D eigenvalue weighted by Crippen LogP contribution is -2.30. The van der Waals surface area contributed by atoms with E-state index >= 15 is 0 Å². The van der Waals surface area contributed by atoms with Gasteiger partial charge < -0.3 is 20.2 Å². The van der Waals surface area contributed by atoms with Crippen LogP contribution in [0.2, 0.25) is 0 Å². The minimum Gasteiger partial charge on any atom is -0.379 e. The van der Waals surface area contributed by atoms with E-state index in [1.165, 1.54) is 0 Å². The number of nitrogens with zero attached hydrogens (tertiary/aromatic N) is 2. The van der Waals surface area contributed by atoms with Crippen LogP contribution in [0.4, 0.5) is 11.6 Å². The molecule has 0 saturated heterocycles. The fraction of sp³-hybridized carbons (Fsp3) is 0.667. The molecule has 0 radical (unpaired) electrons. The molecular weight excluding hydrogens is 246 g/mol. The molecule has 2 atom stereocenters. The summed E-state index contributed by atoms with van der Waals surface area (Å²) in [6, 6.07) is 2.06. The number of nitrogens with two attached hydrogens (primary N) is 1. The van der Waals surface area contributed by atoms with E-state index < -0.39 is 0 Å². The summed E-state index contributed by atoms with van der Waals surface area (Å²) < 4.78 is 10.5. The highest BCUT2D eigenvalue weighted by Crippen LogP contribution is 2.25. The molecule has 1 heterocycles. The number of nitrogens with one attached hydrogen (secondary N) is 2. The van der Waals surface area contributed by atoms with Gasteiger partial charge in [0.05, 0.1) is 12.1 Å². The molecular formula is C12H21N5O2. The van der Waals surface area contributed by atoms with Crippen molar-refractivity contribution in [1.82, 2.24) is 9.97 Å². The van der Waals surface area contributed by atoms with Crippen molar-refractivity contribution in [3.05, 3.63) is 11.9 Å². The summed E-state index contributed by atoms with van der Waals surface area (Å²) in [5.41, 5.74) is 2.54. The van der Waals surface area contributed by atoms with Crippen molar-refractivity contribution < 1.29 is 9.47 Å². The molecule has 2 rings (SSSR count). The Morgan fingerprint density at radius 1 is 1.32 bits per heavy atom. The van der Waals surface area contributed by atoms with Crippen LogP contribution >= 0.6 is 0 Å². The topological polar surface area (TPSA) is 94.3 Å². The van der Waals surface area contributed by atoms with Crippen molar-refractivity contribution in [2.45, 2.75) is 38.0 Å². The molecule has 2 unspecified atom stereocenters. The summed E-state index contributed by atoms with van der Waals surface area (Å²) in [6.07, 6.45) is 3.54. The Morgan fingerprint density at radius 3 is 2.79 bits per heavy atom. The molecule has 19 heavy (non-hydrogen) atoms. The highest BCUT2D eigenvalue weighted by Gasteiger charge is 2.27. The summed E-state index contributed by atoms with van der Waals surface area (Å²) in [5.74, 6) is 7.31. The van der Waals surface area contributed by atoms with Gasteiger partial charge in [-0.2, -0.15) is 0 Å². The Hall–Kier alpha value is -1.44. The number of nitrogen functional groups attached to an aromatic ring is 1. The van der Waals surface area contributed by atoms with E-state index in [1.807, 2.05) is 0 Å². The molecule has 1 aromatic heterocycles. The van der Waals surface area contributed by atoms with Gasteiger partial charge >= 0.3 is 0 Å². The van der Waals surface area contributed by atoms with Crippen LogP contribution in [0.1, 0.15) is 25.1 Å². The van der Waals surface area contributed by atoms with Crippen molar-refractivity contribution in [3.63, 3.8) is 0 Å². The van der Waals surface area contributed by atoms with Gasteiger partial charge in [0.1, 0.15) is 18.2 Å². The fourth-order valence-corrected chi connectivity index (χ4v) is 2.40. The highest BCUT2D eigenvalue weighted by molar-refractivity contribution is 5.47. The maximum absolute atomic E-state index is 5.46. The van der Waals surface area contributed by atoms with Gasteiger partial charge in [-0.15, -0.1) is 0 Å². The normalized spacial score (nSPS) is 22.5. The van der Waals surface area contributed by atoms with Crippen molar-refractivity contribution in [1.29, 1.82) is 0 Å². The van der Waals surface area contributed by atoms with E-state index in [2.05, 4.69) is 20.7 Å². The van der Waals surface area contributed by atoms with E-state index in [0.717, 1.165) is 25.1 Å². The Kier molecular flexibility index (Phi) is 4.89. The zero-order chi connectivity index (χ0) is 13.7. The Balaban J connectivity index is 2.12. The maximum atomic E-state index is 5.46. The lowest BCUT2D eigenvalue weighted by atomic mass is 10.2. The van der Waals surface area contributed by atoms with E-state index in [1.54, 1.807) is 20.3 Å². The lowest BCUT2D eigenvalue weighted by molar-refractivity contribution is 0.101. The first kappa shape index (κ1) is 14.0. The quantitative estimate of drug-likeness (QED) is 0.520. The van der Waals surface area contributed by atoms with Gasteiger partial charge in [0.2, 0.25) is 0 Å². The number of aromatic nitrogens is 2. The first-order chi connectivity index (χ1) is 9.26. The van der Waals surface area contributed by atoms with Crippen molar-refractivity contribution in [2.24, 2.45) is 5.84 Å². The Labute approximate surface area is 112 Å². The average Bonchev–Trinajstić information content (AvgIpc) is 2.86. The van der Waals surface area contributed by atoms with E-state index in [-0.39, 0.29) is 12.1 Å². The Morgan fingerprint density at radius 2 is 2.11 bits per heavy atom. The van der Waals surface area contributed by atoms with Crippen LogP contribution in [-0.4, -0.2) is 36.3 Å². The smallest absolute Gasteiger partial charge is 0.158 e. The molecule has 0 aromatic carbocycles. The summed E-state index contributed by atoms with van der Waals surface area (Å²) in [7, 11) is 3.35. The molecule has 1 aromatic rings. The van der Waals surface area contributed by atoms with Crippen LogP contribution in [0.5, 0.6) is 0 Å². The molecule has 1 fully saturated rings. The second-order valence-corrected chi connectivity index (χ2v) is 4.59. The molecule has 4 N–H and O–H groups in total. The zero-order valence-corrected chi connectivity index (χ0v) is 11.3. The third-order valence-corrected chi connectivity index (χ3v) is 3.28. The zero-order valence-electron chi connectivity index (χ0n) is 11.3. The third-order valence-electron chi connectivity index (χ3n) is 3.28. The minimum absolute atomic E-state index is 0.232. The molecule has 1 aliphatic rings. The minimum atomic E-state index is 0.232. The predicted molar refractivity (Wildman–Crippen MR) is 72.6 cm³/mol. The van der Waals surface area contributed by atoms with Crippen molar-refractivity contribution in [2.75, 3.05) is 25.0 Å². The second kappa shape index (κ2) is 6.65. The molecule has 0 amide bonds. The number of hydrogen-bond donors (Lipinski definition) is 3. The van der Waals surface area contributed by atoms with Crippen LogP contribution in [0.15, 0.2) is 6.07 Å². The van der Waals surface area contributed by atoms with Gasteiger partial charge in [-0.05, 0) is 19.3 Å². The van der Waals surface area contributed by atoms with Gasteiger partial charge in [0, 0.05) is 20.3 Å². The van der Waals surface area contributed by atoms with E-state index in [0.29, 0.717) is 18.2 Å². The van der Waals surface area contributed by atoms with Crippen molar-refractivity contribution in [3.8, 4) is 0 Å². The van der Waals surface area contributed by atoms with E-state index in [9.17, 15) is 0 Å². The van der Waals surface area contributed by atoms with Gasteiger partial charge in [-0.25, -0.2) is 15.8 Å². The fourth-order valence-electron chi connectivity index (χ4n) is 2.40. The first-order valence-corrected chi connectivity index (χ1v) is 6.39. The van der Waals surface area contributed by atoms with E-state index in [4.69, 9.17) is 15.3 Å². The standard InChI is InChI=1S/C12H21N5O2/c1-18-7-12-15-10(6-11(16-12)17-13)14-8-4-3-5-9(8)19-2/h6,8-9H,3-5,7,13H2,1-2H3,(H2,14,15,16,17). The van der Waals surface area contributed by atoms with Crippen molar-refractivity contribution >= 4 is 11.6 Å². The average molecular weight is 267 g/mol. The number of rotatable bonds is 6. The monoisotopic (exact) mass is 267 g/mol. The summed E-state index contributed by atoms with van der Waals surface area (Å²) in [6.45, 7) is 0.350. The summed E-state index contributed by atoms with van der Waals surface area (Å²) >= 11 is 0.